The minimum atomic E-state index is 0. The molecule has 0 fully saturated rings. The molecule has 2 radical (unpaired) electrons. The van der Waals surface area contributed by atoms with Crippen LogP contribution in [0, 0.1) is 0 Å². The molecular weight excluding hydrogens is 346 g/mol. The zero-order valence-corrected chi connectivity index (χ0v) is 3.76. The second-order valence-corrected chi connectivity index (χ2v) is 0. The fourth-order valence-corrected chi connectivity index (χ4v) is 0. The summed E-state index contributed by atoms with van der Waals surface area (Å²) >= 11 is 0.300. The van der Waals surface area contributed by atoms with Gasteiger partial charge < -0.3 is 0 Å². The van der Waals surface area contributed by atoms with Gasteiger partial charge in [-0.1, -0.05) is 0 Å². The van der Waals surface area contributed by atoms with Crippen molar-refractivity contribution in [2.45, 2.75) is 0 Å². The van der Waals surface area contributed by atoms with Crippen LogP contribution < -0.4 is 0 Å². The fraction of sp³-hybridized carbons (Fsp3) is 0. The molecule has 0 aliphatic rings. The third kappa shape index (κ3) is 20.5. The molecule has 0 unspecified atom stereocenters. The van der Waals surface area contributed by atoms with Gasteiger partial charge in [-0.3, -0.25) is 0 Å². The van der Waals surface area contributed by atoms with Crippen molar-refractivity contribution >= 4 is 85.5 Å². The van der Waals surface area contributed by atoms with Gasteiger partial charge in [0, 0.05) is 0 Å². The summed E-state index contributed by atoms with van der Waals surface area (Å²) in [6.45, 7) is 0. The van der Waals surface area contributed by atoms with E-state index in [1.165, 1.54) is 0 Å². The van der Waals surface area contributed by atoms with Crippen LogP contribution in [0.1, 0.15) is 0 Å². The molecule has 0 heterocycles. The molecule has 0 bridgehead atoms. The molecular formula is H9AlGaInOSn. The molecule has 5 heteroatoms. The molecule has 0 amide bonds. The molecule has 0 aliphatic carbocycles. The monoisotopic (exact) mass is 356 g/mol. The first-order chi connectivity index (χ1) is 1.00. The molecule has 0 spiro atoms. The van der Waals surface area contributed by atoms with E-state index >= 15 is 0 Å². The second-order valence-electron chi connectivity index (χ2n) is 0. The SMILES string of the molecule is [AlH3].[GaH3].[InH3].[O]=[Sn]. The summed E-state index contributed by atoms with van der Waals surface area (Å²) in [5, 5.41) is 0. The van der Waals surface area contributed by atoms with Crippen molar-refractivity contribution in [2.75, 3.05) is 0 Å². The predicted octanol–water partition coefficient (Wildman–Crippen LogP) is -4.05. The molecule has 0 saturated carbocycles. The average molecular weight is 355 g/mol. The van der Waals surface area contributed by atoms with E-state index in [1.807, 2.05) is 0 Å². The Morgan fingerprint density at radius 1 is 1.20 bits per heavy atom. The Kier molecular flexibility index (Phi) is 154. The van der Waals surface area contributed by atoms with Crippen molar-refractivity contribution in [3.05, 3.63) is 0 Å². The third-order valence-electron chi connectivity index (χ3n) is 0. The second kappa shape index (κ2) is 30.3. The summed E-state index contributed by atoms with van der Waals surface area (Å²) in [7, 11) is 0. The van der Waals surface area contributed by atoms with E-state index < -0.39 is 0 Å². The van der Waals surface area contributed by atoms with Gasteiger partial charge in [0.1, 0.15) is 0 Å². The topological polar surface area (TPSA) is 17.1 Å². The first-order valence-electron chi connectivity index (χ1n) is 0.204. The standard InChI is InChI=1S/Al.Ga.In.O.Sn.9H. The van der Waals surface area contributed by atoms with Crippen LogP contribution in [0.3, 0.4) is 0 Å². The van der Waals surface area contributed by atoms with Crippen molar-refractivity contribution in [1.29, 1.82) is 0 Å². The predicted molar refractivity (Wildman–Crippen MR) is 36.3 cm³/mol. The van der Waals surface area contributed by atoms with Gasteiger partial charge in [-0.2, -0.15) is 0 Å². The molecule has 28 valence electrons. The van der Waals surface area contributed by atoms with Crippen LogP contribution in [0.4, 0.5) is 0 Å². The van der Waals surface area contributed by atoms with Gasteiger partial charge in [-0.25, -0.2) is 0 Å². The van der Waals surface area contributed by atoms with Crippen LogP contribution in [-0.2, 0) is 3.08 Å². The zero-order chi connectivity index (χ0) is 2.00. The summed E-state index contributed by atoms with van der Waals surface area (Å²) in [6.07, 6.45) is 0. The number of hydrogen-bond acceptors (Lipinski definition) is 1. The van der Waals surface area contributed by atoms with Crippen molar-refractivity contribution in [1.82, 2.24) is 0 Å². The van der Waals surface area contributed by atoms with Gasteiger partial charge in [-0.15, -0.1) is 0 Å². The summed E-state index contributed by atoms with van der Waals surface area (Å²) in [6, 6.07) is 0. The van der Waals surface area contributed by atoms with E-state index in [0.29, 0.717) is 22.5 Å². The van der Waals surface area contributed by atoms with Crippen LogP contribution in [0.25, 0.3) is 0 Å². The van der Waals surface area contributed by atoms with Gasteiger partial charge in [0.25, 0.3) is 0 Å². The average Bonchev–Trinajstić information content (AvgIpc) is 1.00. The first kappa shape index (κ1) is 25.4. The van der Waals surface area contributed by atoms with Crippen molar-refractivity contribution in [3.8, 4) is 0 Å². The Morgan fingerprint density at radius 2 is 1.20 bits per heavy atom. The fourth-order valence-electron chi connectivity index (χ4n) is 0. The maximum atomic E-state index is 8.34. The van der Waals surface area contributed by atoms with Crippen LogP contribution in [-0.4, -0.2) is 85.5 Å². The molecule has 0 aromatic carbocycles. The van der Waals surface area contributed by atoms with Crippen LogP contribution in [0.2, 0.25) is 0 Å². The van der Waals surface area contributed by atoms with E-state index in [1.54, 1.807) is 0 Å². The van der Waals surface area contributed by atoms with Crippen molar-refractivity contribution < 1.29 is 3.08 Å². The van der Waals surface area contributed by atoms with E-state index in [-0.39, 0.29) is 63.0 Å². The number of hydrogen-bond donors (Lipinski definition) is 0. The van der Waals surface area contributed by atoms with Crippen molar-refractivity contribution in [3.63, 3.8) is 0 Å². The molecule has 0 N–H and O–H groups in total. The van der Waals surface area contributed by atoms with Gasteiger partial charge >= 0.3 is 71.2 Å². The summed E-state index contributed by atoms with van der Waals surface area (Å²) < 4.78 is 8.34. The van der Waals surface area contributed by atoms with E-state index in [2.05, 4.69) is 0 Å². The Labute approximate surface area is 87.1 Å². The van der Waals surface area contributed by atoms with E-state index in [9.17, 15) is 0 Å². The molecule has 0 saturated heterocycles. The van der Waals surface area contributed by atoms with Gasteiger partial charge in [0.2, 0.25) is 0 Å². The first-order valence-corrected chi connectivity index (χ1v) is 1.37. The van der Waals surface area contributed by atoms with Gasteiger partial charge in [0.05, 0.1) is 0 Å². The molecule has 1 nitrogen and oxygen atoms in total. The zero-order valence-electron chi connectivity index (χ0n) is 0.908. The Morgan fingerprint density at radius 3 is 1.20 bits per heavy atom. The summed E-state index contributed by atoms with van der Waals surface area (Å²) in [5.74, 6) is 0. The Hall–Kier alpha value is 2.64. The quantitative estimate of drug-likeness (QED) is 0.405. The van der Waals surface area contributed by atoms with Crippen LogP contribution in [0.5, 0.6) is 0 Å². The third-order valence-corrected chi connectivity index (χ3v) is 0. The molecule has 5 heavy (non-hydrogen) atoms. The molecule has 0 aliphatic heterocycles. The van der Waals surface area contributed by atoms with Crippen LogP contribution >= 0.6 is 0 Å². The van der Waals surface area contributed by atoms with E-state index in [4.69, 9.17) is 3.08 Å². The number of rotatable bonds is 0. The summed E-state index contributed by atoms with van der Waals surface area (Å²) in [5.41, 5.74) is 0. The summed E-state index contributed by atoms with van der Waals surface area (Å²) in [4.78, 5) is 0. The maximum absolute atomic E-state index is 8.34. The molecule has 0 atom stereocenters. The molecule has 0 aromatic heterocycles. The van der Waals surface area contributed by atoms with E-state index in [0.717, 1.165) is 0 Å². The Balaban J connectivity index is -0.00000000167. The van der Waals surface area contributed by atoms with Gasteiger partial charge in [-0.05, 0) is 0 Å². The van der Waals surface area contributed by atoms with Crippen molar-refractivity contribution in [2.24, 2.45) is 0 Å². The molecule has 0 aromatic rings. The Bertz CT molecular complexity index is 11.6. The normalized spacial score (nSPS) is 0.800. The minimum absolute atomic E-state index is 0. The van der Waals surface area contributed by atoms with Gasteiger partial charge in [0.15, 0.2) is 17.4 Å². The van der Waals surface area contributed by atoms with Crippen LogP contribution in [0.15, 0.2) is 0 Å². The molecule has 0 rings (SSSR count).